The molecule has 0 amide bonds. The van der Waals surface area contributed by atoms with Crippen molar-refractivity contribution >= 4 is 5.78 Å². The molecule has 2 fully saturated rings. The average molecular weight is 252 g/mol. The number of ketones is 1. The van der Waals surface area contributed by atoms with Gasteiger partial charge in [-0.25, -0.2) is 0 Å². The Hall–Kier alpha value is -0.410. The number of piperazine rings is 1. The minimum absolute atomic E-state index is 0.264. The lowest BCUT2D eigenvalue weighted by molar-refractivity contribution is -0.131. The SMILES string of the molecule is CC(C)(C(=O)CC1CCCCC1)N1CCNCC1. The molecule has 0 unspecified atom stereocenters. The molecule has 1 aliphatic carbocycles. The van der Waals surface area contributed by atoms with Crippen molar-refractivity contribution in [3.63, 3.8) is 0 Å². The van der Waals surface area contributed by atoms with E-state index in [9.17, 15) is 4.79 Å². The second kappa shape index (κ2) is 6.16. The van der Waals surface area contributed by atoms with Crippen molar-refractivity contribution in [3.8, 4) is 0 Å². The van der Waals surface area contributed by atoms with Crippen molar-refractivity contribution in [2.45, 2.75) is 57.9 Å². The number of carbonyl (C=O) groups is 1. The molecule has 1 aliphatic heterocycles. The molecule has 0 aromatic rings. The van der Waals surface area contributed by atoms with Crippen LogP contribution in [0.1, 0.15) is 52.4 Å². The quantitative estimate of drug-likeness (QED) is 0.832. The maximum atomic E-state index is 12.6. The molecule has 1 saturated carbocycles. The summed E-state index contributed by atoms with van der Waals surface area (Å²) >= 11 is 0. The van der Waals surface area contributed by atoms with Gasteiger partial charge in [0, 0.05) is 32.6 Å². The van der Waals surface area contributed by atoms with E-state index in [2.05, 4.69) is 24.1 Å². The van der Waals surface area contributed by atoms with E-state index < -0.39 is 0 Å². The molecule has 2 rings (SSSR count). The highest BCUT2D eigenvalue weighted by Gasteiger charge is 2.35. The van der Waals surface area contributed by atoms with E-state index in [0.29, 0.717) is 11.7 Å². The Morgan fingerprint density at radius 2 is 1.78 bits per heavy atom. The highest BCUT2D eigenvalue weighted by atomic mass is 16.1. The number of hydrogen-bond donors (Lipinski definition) is 1. The van der Waals surface area contributed by atoms with Gasteiger partial charge < -0.3 is 5.32 Å². The topological polar surface area (TPSA) is 32.3 Å². The Bertz CT molecular complexity index is 276. The predicted octanol–water partition coefficient (Wildman–Crippen LogP) is 2.21. The van der Waals surface area contributed by atoms with Crippen molar-refractivity contribution in [3.05, 3.63) is 0 Å². The van der Waals surface area contributed by atoms with Crippen molar-refractivity contribution in [2.75, 3.05) is 26.2 Å². The van der Waals surface area contributed by atoms with Crippen LogP contribution in [-0.2, 0) is 4.79 Å². The summed E-state index contributed by atoms with van der Waals surface area (Å²) in [7, 11) is 0. The van der Waals surface area contributed by atoms with Crippen LogP contribution in [0, 0.1) is 5.92 Å². The number of carbonyl (C=O) groups excluding carboxylic acids is 1. The van der Waals surface area contributed by atoms with Crippen LogP contribution in [-0.4, -0.2) is 42.4 Å². The zero-order valence-corrected chi connectivity index (χ0v) is 12.0. The molecule has 18 heavy (non-hydrogen) atoms. The predicted molar refractivity (Wildman–Crippen MR) is 74.7 cm³/mol. The summed E-state index contributed by atoms with van der Waals surface area (Å²) in [6.45, 7) is 8.26. The van der Waals surface area contributed by atoms with Crippen LogP contribution in [0.15, 0.2) is 0 Å². The van der Waals surface area contributed by atoms with Crippen molar-refractivity contribution in [1.82, 2.24) is 10.2 Å². The normalized spacial score (nSPS) is 24.1. The number of nitrogens with zero attached hydrogens (tertiary/aromatic N) is 1. The first kappa shape index (κ1) is 14.0. The van der Waals surface area contributed by atoms with Crippen LogP contribution in [0.2, 0.25) is 0 Å². The molecule has 0 radical (unpaired) electrons. The highest BCUT2D eigenvalue weighted by molar-refractivity contribution is 5.87. The first-order valence-corrected chi connectivity index (χ1v) is 7.60. The minimum Gasteiger partial charge on any atom is -0.314 e. The van der Waals surface area contributed by atoms with Gasteiger partial charge in [0.1, 0.15) is 0 Å². The molecule has 3 nitrogen and oxygen atoms in total. The Morgan fingerprint density at radius 1 is 1.17 bits per heavy atom. The number of rotatable bonds is 4. The van der Waals surface area contributed by atoms with Gasteiger partial charge in [-0.15, -0.1) is 0 Å². The highest BCUT2D eigenvalue weighted by Crippen LogP contribution is 2.29. The molecule has 1 heterocycles. The van der Waals surface area contributed by atoms with Gasteiger partial charge in [-0.05, 0) is 19.8 Å². The Morgan fingerprint density at radius 3 is 2.39 bits per heavy atom. The fourth-order valence-corrected chi connectivity index (χ4v) is 3.30. The zero-order valence-electron chi connectivity index (χ0n) is 12.0. The molecule has 0 spiro atoms. The molecule has 0 aromatic carbocycles. The van der Waals surface area contributed by atoms with Crippen LogP contribution in [0.3, 0.4) is 0 Å². The number of nitrogens with one attached hydrogen (secondary N) is 1. The van der Waals surface area contributed by atoms with Gasteiger partial charge in [0.25, 0.3) is 0 Å². The van der Waals surface area contributed by atoms with E-state index in [1.54, 1.807) is 0 Å². The van der Waals surface area contributed by atoms with Crippen molar-refractivity contribution in [1.29, 1.82) is 0 Å². The fourth-order valence-electron chi connectivity index (χ4n) is 3.30. The summed E-state index contributed by atoms with van der Waals surface area (Å²) in [6, 6.07) is 0. The summed E-state index contributed by atoms with van der Waals surface area (Å²) in [5, 5.41) is 3.35. The van der Waals surface area contributed by atoms with E-state index in [-0.39, 0.29) is 5.54 Å². The first-order chi connectivity index (χ1) is 8.60. The van der Waals surface area contributed by atoms with Crippen LogP contribution in [0.4, 0.5) is 0 Å². The molecule has 3 heteroatoms. The molecular weight excluding hydrogens is 224 g/mol. The Labute approximate surface area is 111 Å². The van der Waals surface area contributed by atoms with Gasteiger partial charge >= 0.3 is 0 Å². The molecule has 2 aliphatic rings. The Balaban J connectivity index is 1.88. The van der Waals surface area contributed by atoms with Crippen LogP contribution >= 0.6 is 0 Å². The molecular formula is C15H28N2O. The van der Waals surface area contributed by atoms with Gasteiger partial charge in [0.15, 0.2) is 5.78 Å². The summed E-state index contributed by atoms with van der Waals surface area (Å²) in [6.07, 6.45) is 7.35. The fraction of sp³-hybridized carbons (Fsp3) is 0.933. The third-order valence-electron chi connectivity index (χ3n) is 4.79. The van der Waals surface area contributed by atoms with E-state index in [1.165, 1.54) is 32.1 Å². The molecule has 1 N–H and O–H groups in total. The third kappa shape index (κ3) is 3.33. The summed E-state index contributed by atoms with van der Waals surface area (Å²) in [5.74, 6) is 1.12. The molecule has 0 atom stereocenters. The van der Waals surface area contributed by atoms with E-state index in [4.69, 9.17) is 0 Å². The van der Waals surface area contributed by atoms with E-state index >= 15 is 0 Å². The van der Waals surface area contributed by atoms with Gasteiger partial charge in [-0.2, -0.15) is 0 Å². The van der Waals surface area contributed by atoms with Gasteiger partial charge in [0.2, 0.25) is 0 Å². The maximum Gasteiger partial charge on any atom is 0.152 e. The Kier molecular flexibility index (Phi) is 4.79. The van der Waals surface area contributed by atoms with Crippen molar-refractivity contribution in [2.24, 2.45) is 5.92 Å². The lowest BCUT2D eigenvalue weighted by Gasteiger charge is -2.40. The van der Waals surface area contributed by atoms with Gasteiger partial charge in [-0.1, -0.05) is 32.1 Å². The standard InChI is InChI=1S/C15H28N2O/c1-15(2,17-10-8-16-9-11-17)14(18)12-13-6-4-3-5-7-13/h13,16H,3-12H2,1-2H3. The second-order valence-corrected chi connectivity index (χ2v) is 6.43. The van der Waals surface area contributed by atoms with Crippen LogP contribution < -0.4 is 5.32 Å². The average Bonchev–Trinajstić information content (AvgIpc) is 2.41. The third-order valence-corrected chi connectivity index (χ3v) is 4.79. The van der Waals surface area contributed by atoms with Gasteiger partial charge in [0.05, 0.1) is 5.54 Å². The number of hydrogen-bond acceptors (Lipinski definition) is 3. The molecule has 1 saturated heterocycles. The largest absolute Gasteiger partial charge is 0.314 e. The molecule has 0 aromatic heterocycles. The zero-order chi connectivity index (χ0) is 13.0. The van der Waals surface area contributed by atoms with Crippen molar-refractivity contribution < 1.29 is 4.79 Å². The number of Topliss-reactive ketones (excluding diaryl/α,β-unsaturated/α-hetero) is 1. The van der Waals surface area contributed by atoms with Crippen LogP contribution in [0.25, 0.3) is 0 Å². The maximum absolute atomic E-state index is 12.6. The first-order valence-electron chi connectivity index (χ1n) is 7.60. The van der Waals surface area contributed by atoms with E-state index in [1.807, 2.05) is 0 Å². The summed E-state index contributed by atoms with van der Waals surface area (Å²) in [4.78, 5) is 14.9. The van der Waals surface area contributed by atoms with E-state index in [0.717, 1.165) is 32.6 Å². The molecule has 0 bridgehead atoms. The summed E-state index contributed by atoms with van der Waals surface area (Å²) < 4.78 is 0. The smallest absolute Gasteiger partial charge is 0.152 e. The monoisotopic (exact) mass is 252 g/mol. The van der Waals surface area contributed by atoms with Crippen LogP contribution in [0.5, 0.6) is 0 Å². The lowest BCUT2D eigenvalue weighted by atomic mass is 9.81. The minimum atomic E-state index is -0.264. The lowest BCUT2D eigenvalue weighted by Crippen LogP contribution is -2.57. The van der Waals surface area contributed by atoms with Gasteiger partial charge in [-0.3, -0.25) is 9.69 Å². The summed E-state index contributed by atoms with van der Waals surface area (Å²) in [5.41, 5.74) is -0.264. The second-order valence-electron chi connectivity index (χ2n) is 6.43. The molecule has 104 valence electrons.